The number of sulfonamides is 1. The van der Waals surface area contributed by atoms with Crippen molar-refractivity contribution in [2.24, 2.45) is 5.73 Å². The maximum absolute atomic E-state index is 14.1. The van der Waals surface area contributed by atoms with Crippen molar-refractivity contribution in [1.82, 2.24) is 4.31 Å². The van der Waals surface area contributed by atoms with E-state index in [1.165, 1.54) is 22.5 Å². The van der Waals surface area contributed by atoms with Gasteiger partial charge >= 0.3 is 0 Å². The first-order chi connectivity index (χ1) is 9.35. The molecule has 0 bridgehead atoms. The van der Waals surface area contributed by atoms with Crippen molar-refractivity contribution in [3.8, 4) is 0 Å². The Bertz CT molecular complexity index is 598. The summed E-state index contributed by atoms with van der Waals surface area (Å²) < 4.78 is 41.0. The lowest BCUT2D eigenvalue weighted by Crippen LogP contribution is -2.51. The van der Waals surface area contributed by atoms with Gasteiger partial charge in [0.25, 0.3) is 0 Å². The number of hydrogen-bond donors (Lipinski definition) is 1. The highest BCUT2D eigenvalue weighted by Crippen LogP contribution is 2.30. The summed E-state index contributed by atoms with van der Waals surface area (Å²) in [5.41, 5.74) is 5.89. The summed E-state index contributed by atoms with van der Waals surface area (Å²) in [5.74, 6) is -0.749. The molecule has 1 aliphatic heterocycles. The van der Waals surface area contributed by atoms with E-state index in [1.807, 2.05) is 0 Å². The topological polar surface area (TPSA) is 63.4 Å². The Morgan fingerprint density at radius 2 is 2.10 bits per heavy atom. The van der Waals surface area contributed by atoms with Crippen molar-refractivity contribution in [1.29, 1.82) is 0 Å². The third-order valence-corrected chi connectivity index (χ3v) is 6.16. The molecule has 1 fully saturated rings. The second-order valence-electron chi connectivity index (χ2n) is 5.09. The van der Waals surface area contributed by atoms with Crippen LogP contribution in [0, 0.1) is 5.82 Å². The molecule has 0 aliphatic carbocycles. The van der Waals surface area contributed by atoms with Crippen molar-refractivity contribution < 1.29 is 12.8 Å². The summed E-state index contributed by atoms with van der Waals surface area (Å²) in [6, 6.07) is 3.74. The molecule has 1 heterocycles. The highest BCUT2D eigenvalue weighted by molar-refractivity contribution is 9.10. The molecule has 2 rings (SSSR count). The van der Waals surface area contributed by atoms with Crippen LogP contribution in [-0.4, -0.2) is 31.4 Å². The van der Waals surface area contributed by atoms with E-state index in [9.17, 15) is 12.8 Å². The quantitative estimate of drug-likeness (QED) is 0.847. The van der Waals surface area contributed by atoms with Crippen LogP contribution in [0.2, 0.25) is 0 Å². The monoisotopic (exact) mass is 400 g/mol. The van der Waals surface area contributed by atoms with Crippen LogP contribution in [0.25, 0.3) is 0 Å². The predicted molar refractivity (Wildman–Crippen MR) is 86.5 cm³/mol. The average molecular weight is 402 g/mol. The Labute approximate surface area is 139 Å². The van der Waals surface area contributed by atoms with Crippen molar-refractivity contribution in [2.45, 2.75) is 43.2 Å². The molecule has 2 atom stereocenters. The summed E-state index contributed by atoms with van der Waals surface area (Å²) in [6.45, 7) is 2.18. The highest BCUT2D eigenvalue weighted by atomic mass is 79.9. The van der Waals surface area contributed by atoms with Crippen molar-refractivity contribution in [3.05, 3.63) is 28.5 Å². The zero-order valence-electron chi connectivity index (χ0n) is 11.6. The largest absolute Gasteiger partial charge is 0.326 e. The standard InChI is InChI=1S/C13H18BrFN2O2S.ClH/c1-9(16)11-6-2-3-8-17(11)20(18,19)12-7-4-5-10(14)13(12)15;/h4-5,7,9,11H,2-3,6,8,16H2,1H3;1H. The van der Waals surface area contributed by atoms with Crippen LogP contribution >= 0.6 is 28.3 Å². The van der Waals surface area contributed by atoms with E-state index in [0.717, 1.165) is 12.8 Å². The van der Waals surface area contributed by atoms with Crippen LogP contribution in [0.15, 0.2) is 27.6 Å². The van der Waals surface area contributed by atoms with E-state index in [0.29, 0.717) is 13.0 Å². The van der Waals surface area contributed by atoms with Gasteiger partial charge in [0.15, 0.2) is 5.82 Å². The second kappa shape index (κ2) is 7.37. The summed E-state index contributed by atoms with van der Waals surface area (Å²) in [5, 5.41) is 0. The van der Waals surface area contributed by atoms with Gasteiger partial charge in [-0.2, -0.15) is 4.31 Å². The number of halogens is 3. The van der Waals surface area contributed by atoms with Crippen LogP contribution in [0.4, 0.5) is 4.39 Å². The van der Waals surface area contributed by atoms with Gasteiger partial charge in [-0.05, 0) is 47.8 Å². The normalized spacial score (nSPS) is 21.6. The molecule has 0 saturated carbocycles. The van der Waals surface area contributed by atoms with E-state index < -0.39 is 15.8 Å². The Kier molecular flexibility index (Phi) is 6.61. The van der Waals surface area contributed by atoms with Gasteiger partial charge in [-0.1, -0.05) is 12.5 Å². The highest BCUT2D eigenvalue weighted by Gasteiger charge is 2.36. The van der Waals surface area contributed by atoms with E-state index in [-0.39, 0.29) is 33.9 Å². The average Bonchev–Trinajstić information content (AvgIpc) is 2.41. The third kappa shape index (κ3) is 3.76. The van der Waals surface area contributed by atoms with Gasteiger partial charge in [0, 0.05) is 18.6 Å². The van der Waals surface area contributed by atoms with Gasteiger partial charge in [0.1, 0.15) is 4.90 Å². The van der Waals surface area contributed by atoms with Gasteiger partial charge in [0.2, 0.25) is 10.0 Å². The molecule has 2 unspecified atom stereocenters. The zero-order valence-corrected chi connectivity index (χ0v) is 14.8. The first kappa shape index (κ1) is 18.8. The molecule has 0 amide bonds. The van der Waals surface area contributed by atoms with Crippen LogP contribution in [0.1, 0.15) is 26.2 Å². The SMILES string of the molecule is CC(N)C1CCCCN1S(=O)(=O)c1cccc(Br)c1F.Cl. The predicted octanol–water partition coefficient (Wildman–Crippen LogP) is 2.90. The maximum atomic E-state index is 14.1. The van der Waals surface area contributed by atoms with Crippen molar-refractivity contribution in [3.63, 3.8) is 0 Å². The van der Waals surface area contributed by atoms with Crippen LogP contribution in [0.5, 0.6) is 0 Å². The van der Waals surface area contributed by atoms with E-state index in [1.54, 1.807) is 6.92 Å². The smallest absolute Gasteiger partial charge is 0.246 e. The summed E-state index contributed by atoms with van der Waals surface area (Å²) in [4.78, 5) is -0.292. The number of nitrogens with zero attached hydrogens (tertiary/aromatic N) is 1. The van der Waals surface area contributed by atoms with Crippen LogP contribution < -0.4 is 5.73 Å². The molecule has 1 aromatic carbocycles. The first-order valence-electron chi connectivity index (χ1n) is 6.57. The minimum atomic E-state index is -3.86. The molecular weight excluding hydrogens is 383 g/mol. The number of rotatable bonds is 3. The maximum Gasteiger partial charge on any atom is 0.246 e. The molecule has 0 radical (unpaired) electrons. The molecule has 120 valence electrons. The molecule has 4 nitrogen and oxygen atoms in total. The molecule has 1 aliphatic rings. The Balaban J connectivity index is 0.00000220. The van der Waals surface area contributed by atoms with E-state index >= 15 is 0 Å². The number of benzene rings is 1. The Hall–Kier alpha value is -0.210. The molecule has 1 saturated heterocycles. The lowest BCUT2D eigenvalue weighted by Gasteiger charge is -2.36. The molecule has 8 heteroatoms. The Morgan fingerprint density at radius 3 is 2.71 bits per heavy atom. The van der Waals surface area contributed by atoms with Gasteiger partial charge in [-0.15, -0.1) is 12.4 Å². The third-order valence-electron chi connectivity index (χ3n) is 3.61. The number of piperidine rings is 1. The lowest BCUT2D eigenvalue weighted by atomic mass is 10.00. The molecule has 21 heavy (non-hydrogen) atoms. The van der Waals surface area contributed by atoms with Gasteiger partial charge < -0.3 is 5.73 Å². The summed E-state index contributed by atoms with van der Waals surface area (Å²) in [6.07, 6.45) is 2.43. The molecular formula is C13H19BrClFN2O2S. The van der Waals surface area contributed by atoms with Gasteiger partial charge in [0.05, 0.1) is 4.47 Å². The van der Waals surface area contributed by atoms with Crippen LogP contribution in [-0.2, 0) is 10.0 Å². The summed E-state index contributed by atoms with van der Waals surface area (Å²) >= 11 is 3.02. The molecule has 0 aromatic heterocycles. The van der Waals surface area contributed by atoms with Crippen molar-refractivity contribution >= 4 is 38.4 Å². The second-order valence-corrected chi connectivity index (χ2v) is 7.80. The number of nitrogens with two attached hydrogens (primary N) is 1. The fourth-order valence-electron chi connectivity index (χ4n) is 2.56. The molecule has 1 aromatic rings. The minimum Gasteiger partial charge on any atom is -0.326 e. The molecule has 0 spiro atoms. The van der Waals surface area contributed by atoms with E-state index in [2.05, 4.69) is 15.9 Å². The van der Waals surface area contributed by atoms with Crippen LogP contribution in [0.3, 0.4) is 0 Å². The minimum absolute atomic E-state index is 0. The van der Waals surface area contributed by atoms with Crippen molar-refractivity contribution in [2.75, 3.05) is 6.54 Å². The first-order valence-corrected chi connectivity index (χ1v) is 8.80. The molecule has 2 N–H and O–H groups in total. The van der Waals surface area contributed by atoms with Gasteiger partial charge in [-0.3, -0.25) is 0 Å². The lowest BCUT2D eigenvalue weighted by molar-refractivity contribution is 0.226. The summed E-state index contributed by atoms with van der Waals surface area (Å²) in [7, 11) is -3.86. The zero-order chi connectivity index (χ0) is 14.9. The fourth-order valence-corrected chi connectivity index (χ4v) is 4.92. The fraction of sp³-hybridized carbons (Fsp3) is 0.538. The van der Waals surface area contributed by atoms with Gasteiger partial charge in [-0.25, -0.2) is 12.8 Å². The Morgan fingerprint density at radius 1 is 1.43 bits per heavy atom. The number of hydrogen-bond acceptors (Lipinski definition) is 3. The van der Waals surface area contributed by atoms with E-state index in [4.69, 9.17) is 5.73 Å².